The number of hydrogen-bond acceptors (Lipinski definition) is 4. The van der Waals surface area contributed by atoms with Crippen LogP contribution in [0.3, 0.4) is 0 Å². The van der Waals surface area contributed by atoms with Crippen molar-refractivity contribution in [2.45, 2.75) is 0 Å². The second-order valence-electron chi connectivity index (χ2n) is 2.78. The molecule has 2 aliphatic heterocycles. The van der Waals surface area contributed by atoms with Gasteiger partial charge >= 0.3 is 0 Å². The van der Waals surface area contributed by atoms with Gasteiger partial charge in [-0.2, -0.15) is 0 Å². The Kier molecular flexibility index (Phi) is 1.86. The topological polar surface area (TPSA) is 30.5 Å². The first kappa shape index (κ1) is 6.54. The smallest absolute Gasteiger partial charge is 0.0624 e. The van der Waals surface area contributed by atoms with Crippen LogP contribution in [-0.2, 0) is 0 Å². The van der Waals surface area contributed by atoms with Gasteiger partial charge in [0, 0.05) is 26.2 Å². The molecule has 2 N–H and O–H groups in total. The lowest BCUT2D eigenvalue weighted by molar-refractivity contribution is 0.0195. The Balaban J connectivity index is 1.85. The molecule has 4 heteroatoms. The van der Waals surface area contributed by atoms with Gasteiger partial charge < -0.3 is 10.6 Å². The van der Waals surface area contributed by atoms with E-state index in [2.05, 4.69) is 20.7 Å². The molecule has 0 spiro atoms. The van der Waals surface area contributed by atoms with Crippen LogP contribution in [0, 0.1) is 0 Å². The fraction of sp³-hybridized carbons (Fsp3) is 1.00. The molecule has 0 aromatic carbocycles. The SMILES string of the molecule is C1CN(N2CCNC2)CN1. The van der Waals surface area contributed by atoms with E-state index in [1.54, 1.807) is 0 Å². The molecule has 0 saturated carbocycles. The van der Waals surface area contributed by atoms with Crippen molar-refractivity contribution in [1.29, 1.82) is 0 Å². The summed E-state index contributed by atoms with van der Waals surface area (Å²) in [4.78, 5) is 0. The summed E-state index contributed by atoms with van der Waals surface area (Å²) < 4.78 is 0. The number of nitrogens with one attached hydrogen (secondary N) is 2. The fourth-order valence-electron chi connectivity index (χ4n) is 1.47. The molecule has 2 rings (SSSR count). The molecule has 2 fully saturated rings. The minimum absolute atomic E-state index is 1.03. The highest BCUT2D eigenvalue weighted by Gasteiger charge is 2.20. The second kappa shape index (κ2) is 2.84. The van der Waals surface area contributed by atoms with Crippen LogP contribution in [0.5, 0.6) is 0 Å². The van der Waals surface area contributed by atoms with Crippen molar-refractivity contribution in [1.82, 2.24) is 20.7 Å². The van der Waals surface area contributed by atoms with E-state index in [0.29, 0.717) is 0 Å². The first-order chi connectivity index (χ1) is 4.97. The van der Waals surface area contributed by atoms with Crippen LogP contribution in [0.2, 0.25) is 0 Å². The average Bonchev–Trinajstić information content (AvgIpc) is 2.59. The lowest BCUT2D eigenvalue weighted by Crippen LogP contribution is -2.40. The van der Waals surface area contributed by atoms with E-state index >= 15 is 0 Å². The highest BCUT2D eigenvalue weighted by Crippen LogP contribution is 2.01. The Bertz CT molecular complexity index is 90.3. The third-order valence-electron chi connectivity index (χ3n) is 2.08. The van der Waals surface area contributed by atoms with Crippen molar-refractivity contribution >= 4 is 0 Å². The van der Waals surface area contributed by atoms with Crippen LogP contribution in [0.4, 0.5) is 0 Å². The molecule has 0 bridgehead atoms. The van der Waals surface area contributed by atoms with Crippen LogP contribution in [0.15, 0.2) is 0 Å². The molecule has 0 radical (unpaired) electrons. The standard InChI is InChI=1S/C6H14N4/c1-3-9(5-7-1)10-4-2-8-6-10/h7-8H,1-6H2. The molecule has 0 aliphatic carbocycles. The van der Waals surface area contributed by atoms with Gasteiger partial charge in [-0.1, -0.05) is 0 Å². The first-order valence-electron chi connectivity index (χ1n) is 3.88. The van der Waals surface area contributed by atoms with Crippen molar-refractivity contribution < 1.29 is 0 Å². The second-order valence-corrected chi connectivity index (χ2v) is 2.78. The highest BCUT2D eigenvalue weighted by atomic mass is 15.7. The van der Waals surface area contributed by atoms with Crippen molar-refractivity contribution in [3.8, 4) is 0 Å². The summed E-state index contributed by atoms with van der Waals surface area (Å²) in [5.74, 6) is 0. The number of hydrogen-bond donors (Lipinski definition) is 2. The van der Waals surface area contributed by atoms with Crippen molar-refractivity contribution in [2.24, 2.45) is 0 Å². The third-order valence-corrected chi connectivity index (χ3v) is 2.08. The lowest BCUT2D eigenvalue weighted by Gasteiger charge is -2.24. The van der Waals surface area contributed by atoms with Gasteiger partial charge in [0.25, 0.3) is 0 Å². The monoisotopic (exact) mass is 142 g/mol. The van der Waals surface area contributed by atoms with E-state index in [4.69, 9.17) is 0 Å². The normalized spacial score (nSPS) is 30.0. The molecule has 2 aliphatic rings. The van der Waals surface area contributed by atoms with Crippen LogP contribution in [-0.4, -0.2) is 49.5 Å². The largest absolute Gasteiger partial charge is 0.302 e. The van der Waals surface area contributed by atoms with Gasteiger partial charge in [0.15, 0.2) is 0 Å². The molecule has 2 heterocycles. The van der Waals surface area contributed by atoms with E-state index in [0.717, 1.165) is 26.4 Å². The highest BCUT2D eigenvalue weighted by molar-refractivity contribution is 4.69. The Morgan fingerprint density at radius 3 is 1.60 bits per heavy atom. The van der Waals surface area contributed by atoms with E-state index in [-0.39, 0.29) is 0 Å². The number of nitrogens with zero attached hydrogens (tertiary/aromatic N) is 2. The van der Waals surface area contributed by atoms with Crippen LogP contribution < -0.4 is 10.6 Å². The molecule has 10 heavy (non-hydrogen) atoms. The molecule has 58 valence electrons. The Hall–Kier alpha value is -0.160. The number of hydrazine groups is 1. The van der Waals surface area contributed by atoms with Gasteiger partial charge in [-0.15, -0.1) is 0 Å². The van der Waals surface area contributed by atoms with Crippen LogP contribution in [0.25, 0.3) is 0 Å². The Morgan fingerprint density at radius 1 is 0.800 bits per heavy atom. The average molecular weight is 142 g/mol. The van der Waals surface area contributed by atoms with Crippen LogP contribution in [0.1, 0.15) is 0 Å². The van der Waals surface area contributed by atoms with E-state index in [1.807, 2.05) is 0 Å². The minimum Gasteiger partial charge on any atom is -0.302 e. The maximum Gasteiger partial charge on any atom is 0.0624 e. The number of rotatable bonds is 1. The van der Waals surface area contributed by atoms with E-state index in [1.165, 1.54) is 13.1 Å². The predicted molar refractivity (Wildman–Crippen MR) is 39.2 cm³/mol. The lowest BCUT2D eigenvalue weighted by atomic mass is 10.6. The summed E-state index contributed by atoms with van der Waals surface area (Å²) in [5.41, 5.74) is 0. The fourth-order valence-corrected chi connectivity index (χ4v) is 1.47. The third kappa shape index (κ3) is 1.15. The summed E-state index contributed by atoms with van der Waals surface area (Å²) in [6.07, 6.45) is 0. The van der Waals surface area contributed by atoms with Gasteiger partial charge in [-0.25, -0.2) is 10.0 Å². The molecule has 2 saturated heterocycles. The molecule has 0 unspecified atom stereocenters. The summed E-state index contributed by atoms with van der Waals surface area (Å²) in [7, 11) is 0. The molecular formula is C6H14N4. The predicted octanol–water partition coefficient (Wildman–Crippen LogP) is -1.37. The van der Waals surface area contributed by atoms with Crippen molar-refractivity contribution in [3.63, 3.8) is 0 Å². The Morgan fingerprint density at radius 2 is 1.30 bits per heavy atom. The molecule has 0 amide bonds. The molecule has 0 atom stereocenters. The van der Waals surface area contributed by atoms with E-state index < -0.39 is 0 Å². The van der Waals surface area contributed by atoms with Gasteiger partial charge in [0.05, 0.1) is 13.3 Å². The summed E-state index contributed by atoms with van der Waals surface area (Å²) in [5, 5.41) is 11.3. The molecule has 0 aromatic rings. The maximum atomic E-state index is 3.31. The maximum absolute atomic E-state index is 3.31. The van der Waals surface area contributed by atoms with Crippen LogP contribution >= 0.6 is 0 Å². The van der Waals surface area contributed by atoms with Gasteiger partial charge in [0.1, 0.15) is 0 Å². The van der Waals surface area contributed by atoms with Gasteiger partial charge in [-0.3, -0.25) is 0 Å². The minimum atomic E-state index is 1.03. The van der Waals surface area contributed by atoms with E-state index in [9.17, 15) is 0 Å². The van der Waals surface area contributed by atoms with Crippen molar-refractivity contribution in [2.75, 3.05) is 39.5 Å². The van der Waals surface area contributed by atoms with Gasteiger partial charge in [0.2, 0.25) is 0 Å². The van der Waals surface area contributed by atoms with Gasteiger partial charge in [-0.05, 0) is 0 Å². The summed E-state index contributed by atoms with van der Waals surface area (Å²) in [6.45, 7) is 6.67. The summed E-state index contributed by atoms with van der Waals surface area (Å²) >= 11 is 0. The summed E-state index contributed by atoms with van der Waals surface area (Å²) in [6, 6.07) is 0. The molecule has 4 nitrogen and oxygen atoms in total. The Labute approximate surface area is 61.1 Å². The quantitative estimate of drug-likeness (QED) is 0.473. The molecule has 0 aromatic heterocycles. The zero-order chi connectivity index (χ0) is 6.81. The zero-order valence-electron chi connectivity index (χ0n) is 6.14. The van der Waals surface area contributed by atoms with Crippen molar-refractivity contribution in [3.05, 3.63) is 0 Å². The zero-order valence-corrected chi connectivity index (χ0v) is 6.14. The molecular weight excluding hydrogens is 128 g/mol. The first-order valence-corrected chi connectivity index (χ1v) is 3.88.